The fraction of sp³-hybridized carbons (Fsp3) is 0.500. The van der Waals surface area contributed by atoms with Crippen molar-refractivity contribution in [1.29, 1.82) is 0 Å². The first-order valence-corrected chi connectivity index (χ1v) is 5.40. The van der Waals surface area contributed by atoms with Crippen molar-refractivity contribution in [3.8, 4) is 0 Å². The van der Waals surface area contributed by atoms with Gasteiger partial charge in [-0.15, -0.1) is 0 Å². The molecule has 2 nitrogen and oxygen atoms in total. The molecule has 0 bridgehead atoms. The number of hydrogen-bond donors (Lipinski definition) is 2. The third kappa shape index (κ3) is 4.91. The second kappa shape index (κ2) is 6.53. The van der Waals surface area contributed by atoms with Gasteiger partial charge in [-0.25, -0.2) is 4.39 Å². The third-order valence-electron chi connectivity index (χ3n) is 2.43. The summed E-state index contributed by atoms with van der Waals surface area (Å²) in [6, 6.07) is 7.07. The lowest BCUT2D eigenvalue weighted by Gasteiger charge is -1.95. The maximum atomic E-state index is 12.3. The van der Waals surface area contributed by atoms with Crippen LogP contribution >= 0.6 is 0 Å². The largest absolute Gasteiger partial charge is 0.326 e. The molecule has 0 amide bonds. The highest BCUT2D eigenvalue weighted by molar-refractivity contribution is 5.15. The SMILES string of the molecule is CC1CCCN1.NCc1cccc(F)c1. The van der Waals surface area contributed by atoms with E-state index in [-0.39, 0.29) is 5.82 Å². The molecule has 0 radical (unpaired) electrons. The van der Waals surface area contributed by atoms with Crippen molar-refractivity contribution in [3.63, 3.8) is 0 Å². The molecule has 1 unspecified atom stereocenters. The molecular weight excluding hydrogens is 191 g/mol. The van der Waals surface area contributed by atoms with Gasteiger partial charge >= 0.3 is 0 Å². The first-order chi connectivity index (χ1) is 7.22. The number of nitrogens with one attached hydrogen (secondary N) is 1. The molecule has 0 aromatic heterocycles. The van der Waals surface area contributed by atoms with Gasteiger partial charge < -0.3 is 11.1 Å². The molecule has 3 heteroatoms. The molecule has 1 saturated heterocycles. The van der Waals surface area contributed by atoms with Crippen LogP contribution in [0.2, 0.25) is 0 Å². The molecule has 84 valence electrons. The van der Waals surface area contributed by atoms with E-state index in [0.29, 0.717) is 6.54 Å². The molecule has 1 aliphatic heterocycles. The molecule has 3 N–H and O–H groups in total. The van der Waals surface area contributed by atoms with Crippen LogP contribution in [-0.2, 0) is 6.54 Å². The molecule has 1 heterocycles. The second-order valence-corrected chi connectivity index (χ2v) is 3.83. The number of nitrogens with two attached hydrogens (primary N) is 1. The van der Waals surface area contributed by atoms with Crippen LogP contribution in [0, 0.1) is 5.82 Å². The summed E-state index contributed by atoms with van der Waals surface area (Å²) >= 11 is 0. The fourth-order valence-electron chi connectivity index (χ4n) is 1.52. The minimum atomic E-state index is -0.224. The van der Waals surface area contributed by atoms with Gasteiger partial charge in [-0.1, -0.05) is 12.1 Å². The molecule has 1 aromatic rings. The minimum absolute atomic E-state index is 0.224. The van der Waals surface area contributed by atoms with Gasteiger partial charge in [0.15, 0.2) is 0 Å². The summed E-state index contributed by atoms with van der Waals surface area (Å²) in [5, 5.41) is 3.32. The topological polar surface area (TPSA) is 38.0 Å². The van der Waals surface area contributed by atoms with Crippen molar-refractivity contribution in [2.24, 2.45) is 5.73 Å². The predicted octanol–water partition coefficient (Wildman–Crippen LogP) is 2.04. The summed E-state index contributed by atoms with van der Waals surface area (Å²) in [4.78, 5) is 0. The lowest BCUT2D eigenvalue weighted by atomic mass is 10.2. The van der Waals surface area contributed by atoms with Gasteiger partial charge in [0, 0.05) is 12.6 Å². The van der Waals surface area contributed by atoms with Crippen LogP contribution in [0.1, 0.15) is 25.3 Å². The minimum Gasteiger partial charge on any atom is -0.326 e. The van der Waals surface area contributed by atoms with Crippen molar-refractivity contribution in [3.05, 3.63) is 35.6 Å². The Hall–Kier alpha value is -0.930. The van der Waals surface area contributed by atoms with Gasteiger partial charge in [-0.05, 0) is 44.0 Å². The summed E-state index contributed by atoms with van der Waals surface area (Å²) < 4.78 is 12.3. The monoisotopic (exact) mass is 210 g/mol. The van der Waals surface area contributed by atoms with Gasteiger partial charge in [0.2, 0.25) is 0 Å². The van der Waals surface area contributed by atoms with Gasteiger partial charge in [0.05, 0.1) is 0 Å². The van der Waals surface area contributed by atoms with Crippen molar-refractivity contribution < 1.29 is 4.39 Å². The van der Waals surface area contributed by atoms with E-state index in [9.17, 15) is 4.39 Å². The van der Waals surface area contributed by atoms with Gasteiger partial charge in [-0.3, -0.25) is 0 Å². The summed E-state index contributed by atoms with van der Waals surface area (Å²) in [5.41, 5.74) is 6.08. The highest BCUT2D eigenvalue weighted by atomic mass is 19.1. The maximum Gasteiger partial charge on any atom is 0.123 e. The zero-order valence-electron chi connectivity index (χ0n) is 9.17. The number of rotatable bonds is 1. The van der Waals surface area contributed by atoms with Crippen LogP contribution < -0.4 is 11.1 Å². The highest BCUT2D eigenvalue weighted by Gasteiger charge is 2.05. The Bertz CT molecular complexity index is 283. The van der Waals surface area contributed by atoms with E-state index in [1.54, 1.807) is 12.1 Å². The first-order valence-electron chi connectivity index (χ1n) is 5.40. The van der Waals surface area contributed by atoms with Crippen LogP contribution in [0.3, 0.4) is 0 Å². The molecule has 1 fully saturated rings. The zero-order chi connectivity index (χ0) is 11.1. The van der Waals surface area contributed by atoms with E-state index in [2.05, 4.69) is 12.2 Å². The Morgan fingerprint density at radius 1 is 1.53 bits per heavy atom. The molecule has 0 saturated carbocycles. The van der Waals surface area contributed by atoms with Crippen LogP contribution in [0.15, 0.2) is 24.3 Å². The van der Waals surface area contributed by atoms with Crippen molar-refractivity contribution >= 4 is 0 Å². The Labute approximate surface area is 90.7 Å². The normalized spacial score (nSPS) is 19.5. The molecule has 2 rings (SSSR count). The quantitative estimate of drug-likeness (QED) is 0.744. The molecule has 1 atom stereocenters. The number of halogens is 1. The lowest BCUT2D eigenvalue weighted by molar-refractivity contribution is 0.625. The Balaban J connectivity index is 0.000000162. The molecule has 1 aromatic carbocycles. The Morgan fingerprint density at radius 3 is 2.67 bits per heavy atom. The molecule has 0 spiro atoms. The summed E-state index contributed by atoms with van der Waals surface area (Å²) in [6.45, 7) is 3.87. The smallest absolute Gasteiger partial charge is 0.123 e. The van der Waals surface area contributed by atoms with E-state index < -0.39 is 0 Å². The zero-order valence-corrected chi connectivity index (χ0v) is 9.17. The lowest BCUT2D eigenvalue weighted by Crippen LogP contribution is -2.16. The summed E-state index contributed by atoms with van der Waals surface area (Å²) in [7, 11) is 0. The van der Waals surface area contributed by atoms with Gasteiger partial charge in [0.1, 0.15) is 5.82 Å². The Kier molecular flexibility index (Phi) is 5.29. The van der Waals surface area contributed by atoms with Gasteiger partial charge in [0.25, 0.3) is 0 Å². The van der Waals surface area contributed by atoms with Crippen molar-refractivity contribution in [2.45, 2.75) is 32.4 Å². The number of benzene rings is 1. The summed E-state index contributed by atoms with van der Waals surface area (Å²) in [6.07, 6.45) is 2.75. The maximum absolute atomic E-state index is 12.3. The predicted molar refractivity (Wildman–Crippen MR) is 61.0 cm³/mol. The van der Waals surface area contributed by atoms with E-state index >= 15 is 0 Å². The van der Waals surface area contributed by atoms with Crippen molar-refractivity contribution in [2.75, 3.05) is 6.54 Å². The first kappa shape index (κ1) is 12.1. The molecular formula is C12H19FN2. The van der Waals surface area contributed by atoms with Crippen LogP contribution in [0.4, 0.5) is 4.39 Å². The van der Waals surface area contributed by atoms with Crippen molar-refractivity contribution in [1.82, 2.24) is 5.32 Å². The van der Waals surface area contributed by atoms with E-state index in [0.717, 1.165) is 11.6 Å². The second-order valence-electron chi connectivity index (χ2n) is 3.83. The van der Waals surface area contributed by atoms with E-state index in [1.807, 2.05) is 0 Å². The van der Waals surface area contributed by atoms with Crippen LogP contribution in [0.5, 0.6) is 0 Å². The van der Waals surface area contributed by atoms with Crippen LogP contribution in [-0.4, -0.2) is 12.6 Å². The molecule has 15 heavy (non-hydrogen) atoms. The average Bonchev–Trinajstić information content (AvgIpc) is 2.70. The average molecular weight is 210 g/mol. The van der Waals surface area contributed by atoms with E-state index in [4.69, 9.17) is 5.73 Å². The van der Waals surface area contributed by atoms with Gasteiger partial charge in [-0.2, -0.15) is 0 Å². The molecule has 0 aliphatic carbocycles. The molecule has 1 aliphatic rings. The van der Waals surface area contributed by atoms with Crippen LogP contribution in [0.25, 0.3) is 0 Å². The summed E-state index contributed by atoms with van der Waals surface area (Å²) in [5.74, 6) is -0.224. The Morgan fingerprint density at radius 2 is 2.33 bits per heavy atom. The standard InChI is InChI=1S/C7H8FN.C5H11N/c8-7-3-1-2-6(4-7)5-9;1-5-3-2-4-6-5/h1-4H,5,9H2;5-6H,2-4H2,1H3. The third-order valence-corrected chi connectivity index (χ3v) is 2.43. The fourth-order valence-corrected chi connectivity index (χ4v) is 1.52. The van der Waals surface area contributed by atoms with E-state index in [1.165, 1.54) is 31.5 Å². The number of hydrogen-bond acceptors (Lipinski definition) is 2. The highest BCUT2D eigenvalue weighted by Crippen LogP contribution is 2.01.